The molecule has 0 aliphatic heterocycles. The van der Waals surface area contributed by atoms with Crippen LogP contribution in [-0.4, -0.2) is 102 Å². The monoisotopic (exact) mass is 808 g/mol. The Morgan fingerprint density at radius 3 is 1.40 bits per heavy atom. The van der Waals surface area contributed by atoms with Crippen molar-refractivity contribution in [2.45, 2.75) is 119 Å². The van der Waals surface area contributed by atoms with E-state index in [1.54, 1.807) is 83.1 Å². The largest absolute Gasteiger partial charge is 0.481 e. The number of rotatable bonds is 13. The van der Waals surface area contributed by atoms with Crippen molar-refractivity contribution in [2.75, 3.05) is 26.3 Å². The molecule has 0 aromatic heterocycles. The number of carboxylic acid groups (broad SMARTS) is 1. The fourth-order valence-electron chi connectivity index (χ4n) is 4.15. The molecule has 0 bridgehead atoms. The van der Waals surface area contributed by atoms with Crippen LogP contribution in [0.2, 0.25) is 0 Å². The number of aliphatic carboxylic acids is 1. The summed E-state index contributed by atoms with van der Waals surface area (Å²) in [5.74, 6) is -5.30. The van der Waals surface area contributed by atoms with Crippen LogP contribution in [0.4, 0.5) is 19.2 Å². The first-order valence-corrected chi connectivity index (χ1v) is 18.2. The Morgan fingerprint density at radius 1 is 0.614 bits per heavy atom. The molecular formula is C38H60N6O13. The minimum atomic E-state index is -1.37. The quantitative estimate of drug-likeness (QED) is 0.0739. The topological polar surface area (TPSA) is 251 Å². The summed E-state index contributed by atoms with van der Waals surface area (Å²) < 4.78 is 32.2. The number of hydrogen-bond acceptors (Lipinski definition) is 14. The zero-order chi connectivity index (χ0) is 43.6. The molecule has 0 heterocycles. The van der Waals surface area contributed by atoms with Gasteiger partial charge in [0.15, 0.2) is 0 Å². The molecule has 0 spiro atoms. The molecule has 19 heteroatoms. The lowest BCUT2D eigenvalue weighted by molar-refractivity contribution is -0.152. The van der Waals surface area contributed by atoms with Crippen LogP contribution in [0.1, 0.15) is 95.1 Å². The second kappa shape index (κ2) is 22.3. The number of guanidine groups is 2. The van der Waals surface area contributed by atoms with E-state index in [0.717, 1.165) is 5.56 Å². The molecule has 5 N–H and O–H groups in total. The number of nitrogens with one attached hydrogen (secondary N) is 4. The van der Waals surface area contributed by atoms with E-state index < -0.39 is 89.7 Å². The van der Waals surface area contributed by atoms with Gasteiger partial charge in [-0.05, 0) is 88.6 Å². The first-order chi connectivity index (χ1) is 26.1. The van der Waals surface area contributed by atoms with Crippen molar-refractivity contribution in [3.8, 4) is 0 Å². The van der Waals surface area contributed by atoms with Gasteiger partial charge in [0.05, 0.1) is 45.2 Å². The van der Waals surface area contributed by atoms with Gasteiger partial charge < -0.3 is 33.5 Å². The molecule has 320 valence electrons. The molecule has 0 aliphatic rings. The van der Waals surface area contributed by atoms with Gasteiger partial charge in [-0.2, -0.15) is 0 Å². The molecule has 57 heavy (non-hydrogen) atoms. The van der Waals surface area contributed by atoms with Crippen LogP contribution in [0.3, 0.4) is 0 Å². The van der Waals surface area contributed by atoms with Crippen LogP contribution in [0.15, 0.2) is 40.3 Å². The highest BCUT2D eigenvalue weighted by molar-refractivity contribution is 6.02. The lowest BCUT2D eigenvalue weighted by atomic mass is 9.93. The maximum atomic E-state index is 12.9. The summed E-state index contributed by atoms with van der Waals surface area (Å²) in [6.45, 7) is 18.3. The highest BCUT2D eigenvalue weighted by Crippen LogP contribution is 2.17. The molecule has 1 aromatic carbocycles. The molecule has 1 rings (SSSR count). The van der Waals surface area contributed by atoms with Crippen molar-refractivity contribution < 1.29 is 62.3 Å². The van der Waals surface area contributed by atoms with E-state index in [1.807, 2.05) is 30.3 Å². The van der Waals surface area contributed by atoms with E-state index in [4.69, 9.17) is 28.4 Å². The third kappa shape index (κ3) is 25.3. The zero-order valence-corrected chi connectivity index (χ0v) is 35.0. The van der Waals surface area contributed by atoms with E-state index in [9.17, 15) is 33.9 Å². The van der Waals surface area contributed by atoms with Crippen LogP contribution >= 0.6 is 0 Å². The highest BCUT2D eigenvalue weighted by atomic mass is 16.6. The number of nitrogens with zero attached hydrogens (tertiary/aromatic N) is 2. The maximum absolute atomic E-state index is 12.9. The maximum Gasteiger partial charge on any atom is 0.414 e. The minimum Gasteiger partial charge on any atom is -0.481 e. The number of esters is 1. The normalized spacial score (nSPS) is 12.7. The SMILES string of the molecule is CC(C)(C)OC(=O)NC(=NCCC(=O)OCC(COCc1ccccc1)C(CN=C(NC(=O)OC(C)(C)C)NC(=O)OC(C)(C)C)C(=O)O)NC(=O)OC(C)(C)C. The van der Waals surface area contributed by atoms with Gasteiger partial charge in [0, 0.05) is 5.92 Å². The Balaban J connectivity index is 3.27. The van der Waals surface area contributed by atoms with E-state index in [2.05, 4.69) is 31.3 Å². The fourth-order valence-corrected chi connectivity index (χ4v) is 4.15. The van der Waals surface area contributed by atoms with Crippen molar-refractivity contribution in [3.05, 3.63) is 35.9 Å². The van der Waals surface area contributed by atoms with E-state index >= 15 is 0 Å². The number of benzene rings is 1. The summed E-state index contributed by atoms with van der Waals surface area (Å²) in [5, 5.41) is 19.5. The van der Waals surface area contributed by atoms with E-state index in [0.29, 0.717) is 0 Å². The molecule has 0 saturated heterocycles. The summed E-state index contributed by atoms with van der Waals surface area (Å²) in [6.07, 6.45) is -4.16. The van der Waals surface area contributed by atoms with Gasteiger partial charge in [-0.15, -0.1) is 0 Å². The predicted octanol–water partition coefficient (Wildman–Crippen LogP) is 5.26. The Labute approximate surface area is 334 Å². The number of alkyl carbamates (subject to hydrolysis) is 4. The van der Waals surface area contributed by atoms with Crippen LogP contribution < -0.4 is 21.3 Å². The number of carboxylic acids is 1. The standard InChI is InChI=1S/C38H60N6O13/c1-35(2,3)54-31(48)41-29(42-32(49)55-36(4,5)6)39-19-18-27(45)53-23-25(22-52-21-24-16-14-13-15-17-24)26(28(46)47)20-40-30(43-33(50)56-37(7,8)9)44-34(51)57-38(10,11)12/h13-17,25-26H,18-23H2,1-12H3,(H,46,47)(H2,39,41,42,48,49)(H2,40,43,44,50,51). The Kier molecular flexibility index (Phi) is 19.4. The third-order valence-corrected chi connectivity index (χ3v) is 6.30. The fraction of sp³-hybridized carbons (Fsp3) is 0.632. The number of aliphatic imine (C=N–C) groups is 2. The Morgan fingerprint density at radius 2 is 1.02 bits per heavy atom. The number of carbonyl (C=O) groups is 6. The first-order valence-electron chi connectivity index (χ1n) is 18.2. The van der Waals surface area contributed by atoms with Gasteiger partial charge in [0.25, 0.3) is 0 Å². The first kappa shape index (κ1) is 49.6. The van der Waals surface area contributed by atoms with Crippen LogP contribution in [0.5, 0.6) is 0 Å². The van der Waals surface area contributed by atoms with Crippen molar-refractivity contribution in [3.63, 3.8) is 0 Å². The van der Waals surface area contributed by atoms with Crippen LogP contribution in [-0.2, 0) is 44.6 Å². The summed E-state index contributed by atoms with van der Waals surface area (Å²) >= 11 is 0. The third-order valence-electron chi connectivity index (χ3n) is 6.30. The number of ether oxygens (including phenoxy) is 6. The van der Waals surface area contributed by atoms with E-state index in [-0.39, 0.29) is 32.1 Å². The zero-order valence-electron chi connectivity index (χ0n) is 35.0. The van der Waals surface area contributed by atoms with Crippen LogP contribution in [0, 0.1) is 11.8 Å². The average Bonchev–Trinajstić information content (AvgIpc) is 2.99. The van der Waals surface area contributed by atoms with Gasteiger partial charge >= 0.3 is 36.3 Å². The van der Waals surface area contributed by atoms with Gasteiger partial charge in [-0.3, -0.25) is 40.8 Å². The van der Waals surface area contributed by atoms with Crippen molar-refractivity contribution in [2.24, 2.45) is 21.8 Å². The average molecular weight is 809 g/mol. The summed E-state index contributed by atoms with van der Waals surface area (Å²) in [7, 11) is 0. The number of amides is 4. The predicted molar refractivity (Wildman–Crippen MR) is 208 cm³/mol. The molecule has 2 unspecified atom stereocenters. The summed E-state index contributed by atoms with van der Waals surface area (Å²) in [4.78, 5) is 83.8. The van der Waals surface area contributed by atoms with Crippen molar-refractivity contribution in [1.82, 2.24) is 21.3 Å². The molecule has 0 fully saturated rings. The lowest BCUT2D eigenvalue weighted by Gasteiger charge is -2.24. The van der Waals surface area contributed by atoms with E-state index in [1.165, 1.54) is 0 Å². The molecule has 0 saturated carbocycles. The molecule has 2 atom stereocenters. The smallest absolute Gasteiger partial charge is 0.414 e. The number of hydrogen-bond donors (Lipinski definition) is 5. The van der Waals surface area contributed by atoms with Gasteiger partial charge in [-0.1, -0.05) is 30.3 Å². The summed E-state index contributed by atoms with van der Waals surface area (Å²) in [6, 6.07) is 9.07. The Hall–Kier alpha value is -5.46. The van der Waals surface area contributed by atoms with Gasteiger partial charge in [0.1, 0.15) is 22.4 Å². The Bertz CT molecular complexity index is 1510. The van der Waals surface area contributed by atoms with Crippen molar-refractivity contribution in [1.29, 1.82) is 0 Å². The summed E-state index contributed by atoms with van der Waals surface area (Å²) in [5.41, 5.74) is -2.75. The second-order valence-electron chi connectivity index (χ2n) is 16.6. The molecule has 0 radical (unpaired) electrons. The van der Waals surface area contributed by atoms with Gasteiger partial charge in [0.2, 0.25) is 11.9 Å². The molecule has 4 amide bonds. The van der Waals surface area contributed by atoms with Crippen molar-refractivity contribution >= 4 is 48.2 Å². The second-order valence-corrected chi connectivity index (χ2v) is 16.6. The highest BCUT2D eigenvalue weighted by Gasteiger charge is 2.31. The van der Waals surface area contributed by atoms with Gasteiger partial charge in [-0.25, -0.2) is 19.2 Å². The van der Waals surface area contributed by atoms with Crippen LogP contribution in [0.25, 0.3) is 0 Å². The molecule has 19 nitrogen and oxygen atoms in total. The minimum absolute atomic E-state index is 0.110. The molecule has 0 aliphatic carbocycles. The molecule has 1 aromatic rings. The number of carbonyl (C=O) groups excluding carboxylic acids is 5. The molecular weight excluding hydrogens is 748 g/mol. The lowest BCUT2D eigenvalue weighted by Crippen LogP contribution is -2.47.